The lowest BCUT2D eigenvalue weighted by Crippen LogP contribution is -2.51. The summed E-state index contributed by atoms with van der Waals surface area (Å²) in [6, 6.07) is 0. The molecule has 0 unspecified atom stereocenters. The lowest BCUT2D eigenvalue weighted by atomic mass is 9.47. The molecule has 0 saturated heterocycles. The van der Waals surface area contributed by atoms with Crippen molar-refractivity contribution in [2.24, 2.45) is 46.3 Å². The van der Waals surface area contributed by atoms with Crippen molar-refractivity contribution in [2.75, 3.05) is 0 Å². The predicted molar refractivity (Wildman–Crippen MR) is 129 cm³/mol. The molecule has 0 aromatic rings. The molecule has 31 heavy (non-hydrogen) atoms. The van der Waals surface area contributed by atoms with Crippen molar-refractivity contribution in [2.45, 2.75) is 105 Å². The smallest absolute Gasteiger partial charge is 0.302 e. The van der Waals surface area contributed by atoms with E-state index in [2.05, 4.69) is 52.8 Å². The molecule has 0 bridgehead atoms. The van der Waals surface area contributed by atoms with Crippen molar-refractivity contribution in [3.8, 4) is 0 Å². The zero-order valence-corrected chi connectivity index (χ0v) is 21.0. The highest BCUT2D eigenvalue weighted by molar-refractivity contribution is 5.66. The third-order valence-electron chi connectivity index (χ3n) is 10.5. The van der Waals surface area contributed by atoms with Crippen LogP contribution in [0.2, 0.25) is 0 Å². The lowest BCUT2D eigenvalue weighted by molar-refractivity contribution is -0.148. The van der Waals surface area contributed by atoms with Crippen molar-refractivity contribution in [3.05, 3.63) is 23.8 Å². The number of rotatable bonds is 5. The highest BCUT2D eigenvalue weighted by Crippen LogP contribution is 2.67. The Kier molecular flexibility index (Phi) is 6.50. The largest absolute Gasteiger partial charge is 0.462 e. The summed E-state index contributed by atoms with van der Waals surface area (Å²) in [7, 11) is 0. The highest BCUT2D eigenvalue weighted by Gasteiger charge is 2.59. The maximum absolute atomic E-state index is 11.5. The van der Waals surface area contributed by atoms with Crippen molar-refractivity contribution in [1.82, 2.24) is 0 Å². The summed E-state index contributed by atoms with van der Waals surface area (Å²) in [5, 5.41) is 0. The van der Waals surface area contributed by atoms with Gasteiger partial charge in [0.2, 0.25) is 0 Å². The summed E-state index contributed by atoms with van der Waals surface area (Å²) in [6.07, 6.45) is 19.1. The molecule has 0 aliphatic heterocycles. The summed E-state index contributed by atoms with van der Waals surface area (Å²) in [5.41, 5.74) is 2.45. The first-order valence-electron chi connectivity index (χ1n) is 13.2. The van der Waals surface area contributed by atoms with Crippen LogP contribution in [0.3, 0.4) is 0 Å². The second kappa shape index (κ2) is 8.71. The average molecular weight is 427 g/mol. The van der Waals surface area contributed by atoms with E-state index >= 15 is 0 Å². The summed E-state index contributed by atoms with van der Waals surface area (Å²) in [6.45, 7) is 13.9. The fourth-order valence-corrected chi connectivity index (χ4v) is 8.50. The quantitative estimate of drug-likeness (QED) is 0.332. The fraction of sp³-hybridized carbons (Fsp3) is 0.828. The monoisotopic (exact) mass is 426 g/mol. The van der Waals surface area contributed by atoms with Gasteiger partial charge < -0.3 is 4.74 Å². The Morgan fingerprint density at radius 2 is 1.90 bits per heavy atom. The van der Waals surface area contributed by atoms with E-state index in [1.165, 1.54) is 44.9 Å². The van der Waals surface area contributed by atoms with Crippen LogP contribution in [0, 0.1) is 46.3 Å². The minimum atomic E-state index is -0.121. The Bertz CT molecular complexity index is 735. The van der Waals surface area contributed by atoms with Gasteiger partial charge in [0.25, 0.3) is 0 Å². The first kappa shape index (κ1) is 23.1. The molecule has 2 nitrogen and oxygen atoms in total. The number of esters is 1. The molecule has 0 N–H and O–H groups in total. The molecule has 0 heterocycles. The molecule has 4 aliphatic rings. The minimum Gasteiger partial charge on any atom is -0.462 e. The van der Waals surface area contributed by atoms with E-state index < -0.39 is 0 Å². The second-order valence-electron chi connectivity index (χ2n) is 12.1. The molecule has 174 valence electrons. The highest BCUT2D eigenvalue weighted by atomic mass is 16.5. The molecule has 0 amide bonds. The Morgan fingerprint density at radius 1 is 1.13 bits per heavy atom. The number of allylic oxidation sites excluding steroid dienone is 3. The SMILES string of the molecule is CC[C@@H](C)/C=C\[C@@H](C)[C@H]1CC[C@@H]2[C@H]3CC=C4C[C@@H](OC(C)=O)CC[C@]4(C)[C@@H]3CC[C@@]21C. The van der Waals surface area contributed by atoms with Gasteiger partial charge in [-0.3, -0.25) is 4.79 Å². The molecule has 3 fully saturated rings. The molecule has 0 aromatic carbocycles. The van der Waals surface area contributed by atoms with Gasteiger partial charge in [0.05, 0.1) is 0 Å². The molecule has 0 aromatic heterocycles. The number of hydrogen-bond donors (Lipinski definition) is 0. The van der Waals surface area contributed by atoms with Crippen molar-refractivity contribution >= 4 is 5.97 Å². The van der Waals surface area contributed by atoms with E-state index in [1.54, 1.807) is 12.5 Å². The van der Waals surface area contributed by atoms with Crippen LogP contribution in [0.15, 0.2) is 23.8 Å². The molecule has 3 saturated carbocycles. The van der Waals surface area contributed by atoms with Crippen LogP contribution >= 0.6 is 0 Å². The lowest BCUT2D eigenvalue weighted by Gasteiger charge is -2.58. The summed E-state index contributed by atoms with van der Waals surface area (Å²) >= 11 is 0. The number of carbonyl (C=O) groups excluding carboxylic acids is 1. The van der Waals surface area contributed by atoms with Gasteiger partial charge in [0.15, 0.2) is 0 Å². The molecule has 0 radical (unpaired) electrons. The zero-order valence-electron chi connectivity index (χ0n) is 21.0. The topological polar surface area (TPSA) is 26.3 Å². The van der Waals surface area contributed by atoms with Crippen molar-refractivity contribution < 1.29 is 9.53 Å². The van der Waals surface area contributed by atoms with Gasteiger partial charge in [0.1, 0.15) is 6.10 Å². The van der Waals surface area contributed by atoms with E-state index in [9.17, 15) is 4.79 Å². The molecular formula is C29H46O2. The van der Waals surface area contributed by atoms with Crippen molar-refractivity contribution in [3.63, 3.8) is 0 Å². The maximum atomic E-state index is 11.5. The molecular weight excluding hydrogens is 380 g/mol. The molecule has 4 rings (SSSR count). The molecule has 9 atom stereocenters. The van der Waals surface area contributed by atoms with Gasteiger partial charge in [0, 0.05) is 13.3 Å². The number of hydrogen-bond acceptors (Lipinski definition) is 2. The Balaban J connectivity index is 1.51. The fourth-order valence-electron chi connectivity index (χ4n) is 8.50. The van der Waals surface area contributed by atoms with E-state index in [4.69, 9.17) is 4.74 Å². The van der Waals surface area contributed by atoms with Gasteiger partial charge >= 0.3 is 5.97 Å². The van der Waals surface area contributed by atoms with Gasteiger partial charge in [-0.1, -0.05) is 64.8 Å². The van der Waals surface area contributed by atoms with Crippen LogP contribution < -0.4 is 0 Å². The second-order valence-corrected chi connectivity index (χ2v) is 12.1. The molecule has 2 heteroatoms. The van der Waals surface area contributed by atoms with Crippen LogP contribution in [0.5, 0.6) is 0 Å². The maximum Gasteiger partial charge on any atom is 0.302 e. The first-order valence-corrected chi connectivity index (χ1v) is 13.2. The van der Waals surface area contributed by atoms with Crippen LogP contribution in [0.1, 0.15) is 99.3 Å². The van der Waals surface area contributed by atoms with Crippen LogP contribution in [-0.4, -0.2) is 12.1 Å². The van der Waals surface area contributed by atoms with Gasteiger partial charge in [-0.05, 0) is 91.3 Å². The average Bonchev–Trinajstić information content (AvgIpc) is 3.09. The Morgan fingerprint density at radius 3 is 2.61 bits per heavy atom. The molecule has 4 aliphatic carbocycles. The Hall–Kier alpha value is -1.05. The first-order chi connectivity index (χ1) is 14.7. The standard InChI is InChI=1S/C29H46O2/c1-7-19(2)8-9-20(3)25-12-13-26-24-11-10-22-18-23(31-21(4)30)14-16-28(22,5)27(24)15-17-29(25,26)6/h8-10,19-20,23-27H,7,11-18H2,1-6H3/b9-8-/t19-,20-,23+,24-,25-,26-,27-,28+,29-/m1/s1. The third kappa shape index (κ3) is 4.06. The number of fused-ring (bicyclic) bond motifs is 5. The third-order valence-corrected chi connectivity index (χ3v) is 10.5. The number of ether oxygens (including phenoxy) is 1. The van der Waals surface area contributed by atoms with Crippen LogP contribution in [0.4, 0.5) is 0 Å². The summed E-state index contributed by atoms with van der Waals surface area (Å²) in [5.74, 6) is 4.69. The number of carbonyl (C=O) groups is 1. The van der Waals surface area contributed by atoms with Crippen LogP contribution in [0.25, 0.3) is 0 Å². The van der Waals surface area contributed by atoms with Gasteiger partial charge in [-0.2, -0.15) is 0 Å². The summed E-state index contributed by atoms with van der Waals surface area (Å²) < 4.78 is 5.61. The van der Waals surface area contributed by atoms with Gasteiger partial charge in [-0.15, -0.1) is 0 Å². The summed E-state index contributed by atoms with van der Waals surface area (Å²) in [4.78, 5) is 11.5. The van der Waals surface area contributed by atoms with Crippen molar-refractivity contribution in [1.29, 1.82) is 0 Å². The van der Waals surface area contributed by atoms with E-state index in [1.807, 2.05) is 0 Å². The van der Waals surface area contributed by atoms with Gasteiger partial charge in [-0.25, -0.2) is 0 Å². The normalized spacial score (nSPS) is 44.1. The zero-order chi connectivity index (χ0) is 22.4. The van der Waals surface area contributed by atoms with E-state index in [0.29, 0.717) is 22.7 Å². The predicted octanol–water partition coefficient (Wildman–Crippen LogP) is 7.74. The van der Waals surface area contributed by atoms with Crippen LogP contribution in [-0.2, 0) is 9.53 Å². The minimum absolute atomic E-state index is 0.108. The molecule has 0 spiro atoms. The Labute approximate surface area is 191 Å². The van der Waals surface area contributed by atoms with E-state index in [-0.39, 0.29) is 12.1 Å². The van der Waals surface area contributed by atoms with E-state index in [0.717, 1.165) is 36.5 Å².